The zero-order valence-corrected chi connectivity index (χ0v) is 31.0. The van der Waals surface area contributed by atoms with Crippen LogP contribution in [0.3, 0.4) is 0 Å². The average molecular weight is 761 g/mol. The van der Waals surface area contributed by atoms with Crippen molar-refractivity contribution in [3.8, 4) is 0 Å². The Morgan fingerprint density at radius 3 is 2.64 bits per heavy atom. The number of nitrogens with one attached hydrogen (secondary N) is 3. The van der Waals surface area contributed by atoms with Gasteiger partial charge in [-0.2, -0.15) is 0 Å². The zero-order valence-electron chi connectivity index (χ0n) is 30.2. The molecule has 3 N–H and O–H groups in total. The summed E-state index contributed by atoms with van der Waals surface area (Å²) in [6.07, 6.45) is 6.04. The van der Waals surface area contributed by atoms with E-state index in [0.717, 1.165) is 12.8 Å². The molecule has 0 spiro atoms. The van der Waals surface area contributed by atoms with Gasteiger partial charge in [0.1, 0.15) is 29.5 Å². The van der Waals surface area contributed by atoms with E-state index in [1.807, 2.05) is 19.1 Å². The lowest BCUT2D eigenvalue weighted by Gasteiger charge is -2.30. The highest BCUT2D eigenvalue weighted by molar-refractivity contribution is 7.91. The molecular formula is C36H49FN6O9S. The number of carbonyl (C=O) groups excluding carboxylic acids is 5. The van der Waals surface area contributed by atoms with Crippen molar-refractivity contribution in [3.63, 3.8) is 0 Å². The predicted octanol–water partition coefficient (Wildman–Crippen LogP) is 2.30. The van der Waals surface area contributed by atoms with E-state index in [-0.39, 0.29) is 45.4 Å². The third-order valence-electron chi connectivity index (χ3n) is 10.7. The van der Waals surface area contributed by atoms with Crippen molar-refractivity contribution < 1.29 is 46.3 Å². The number of fused-ring (bicyclic) bond motifs is 3. The van der Waals surface area contributed by atoms with E-state index < -0.39 is 80.6 Å². The van der Waals surface area contributed by atoms with Gasteiger partial charge in [-0.3, -0.25) is 24.0 Å². The first-order valence-electron chi connectivity index (χ1n) is 18.5. The van der Waals surface area contributed by atoms with Crippen molar-refractivity contribution in [1.29, 1.82) is 0 Å². The summed E-state index contributed by atoms with van der Waals surface area (Å²) in [5, 5.41) is 4.97. The minimum absolute atomic E-state index is 0.00133. The van der Waals surface area contributed by atoms with E-state index in [9.17, 15) is 36.8 Å². The second-order valence-corrected chi connectivity index (χ2v) is 16.6. The quantitative estimate of drug-likeness (QED) is 0.251. The van der Waals surface area contributed by atoms with Crippen molar-refractivity contribution in [3.05, 3.63) is 47.3 Å². The van der Waals surface area contributed by atoms with Crippen LogP contribution in [-0.2, 0) is 47.0 Å². The number of benzene rings is 1. The van der Waals surface area contributed by atoms with Crippen LogP contribution in [0.25, 0.3) is 0 Å². The molecule has 15 nitrogen and oxygen atoms in total. The maximum absolute atomic E-state index is 14.4. The molecule has 2 aliphatic carbocycles. The van der Waals surface area contributed by atoms with Crippen LogP contribution in [-0.4, -0.2) is 115 Å². The van der Waals surface area contributed by atoms with E-state index in [1.54, 1.807) is 19.2 Å². The Hall–Kier alpha value is -4.25. The summed E-state index contributed by atoms with van der Waals surface area (Å²) in [7, 11) is -2.34. The minimum Gasteiger partial charge on any atom is -0.444 e. The minimum atomic E-state index is -3.92. The standard InChI is InChI=1S/C36H49FN6O9S/c1-3-51-17-16-41(2)34(47)38-29-13-8-6-4-5-7-11-24-19-36(24,33(46)40-53(49,50)26-14-15-26)39-31(44)30-18-25(21-43(30)32(29)45)52-35(48)42-20-23-10-9-12-28(37)27(23)22-42/h7,9-12,24-26,29-30H,3-6,8,13-22H2,1-2H3,(H,38,47)(H,39,44)(H,40,46)/b11-7-/t24-,25-,29+,30+,36-/m1/s1. The molecule has 1 saturated heterocycles. The largest absolute Gasteiger partial charge is 0.444 e. The van der Waals surface area contributed by atoms with Gasteiger partial charge in [0.2, 0.25) is 21.8 Å². The molecule has 2 saturated carbocycles. The van der Waals surface area contributed by atoms with Gasteiger partial charge in [-0.25, -0.2) is 22.4 Å². The van der Waals surface area contributed by atoms with E-state index in [2.05, 4.69) is 15.4 Å². The monoisotopic (exact) mass is 760 g/mol. The maximum Gasteiger partial charge on any atom is 0.410 e. The molecular weight excluding hydrogens is 711 g/mol. The Morgan fingerprint density at radius 2 is 1.91 bits per heavy atom. The summed E-state index contributed by atoms with van der Waals surface area (Å²) in [4.78, 5) is 72.9. The Balaban J connectivity index is 1.24. The molecule has 3 fully saturated rings. The molecule has 0 aromatic heterocycles. The SMILES string of the molecule is CCOCCN(C)C(=O)N[C@H]1CCCCC/C=C\[C@@H]2C[C@@]2(C(=O)NS(=O)(=O)C2CC2)NC(=O)[C@@H]2C[C@@H](OC(=O)N3Cc4cccc(F)c4C3)CN2C1=O. The highest BCUT2D eigenvalue weighted by atomic mass is 32.2. The van der Waals surface area contributed by atoms with E-state index in [0.29, 0.717) is 50.0 Å². The Morgan fingerprint density at radius 1 is 1.11 bits per heavy atom. The number of hydrogen-bond donors (Lipinski definition) is 3. The number of amides is 6. The van der Waals surface area contributed by atoms with E-state index in [1.165, 1.54) is 20.8 Å². The zero-order chi connectivity index (χ0) is 37.9. The number of urea groups is 1. The molecule has 5 atom stereocenters. The van der Waals surface area contributed by atoms with Gasteiger partial charge < -0.3 is 29.9 Å². The Bertz CT molecular complexity index is 1740. The van der Waals surface area contributed by atoms with Gasteiger partial charge in [0.05, 0.1) is 24.9 Å². The lowest BCUT2D eigenvalue weighted by Crippen LogP contribution is -2.58. The third kappa shape index (κ3) is 8.77. The summed E-state index contributed by atoms with van der Waals surface area (Å²) < 4.78 is 53.4. The smallest absolute Gasteiger partial charge is 0.410 e. The molecule has 0 bridgehead atoms. The number of ether oxygens (including phenoxy) is 2. The number of likely N-dealkylation sites (N-methyl/N-ethyl adjacent to an activating group) is 1. The molecule has 290 valence electrons. The molecule has 5 aliphatic rings. The van der Waals surface area contributed by atoms with Crippen molar-refractivity contribution in [2.24, 2.45) is 5.92 Å². The van der Waals surface area contributed by atoms with Crippen LogP contribution in [0.1, 0.15) is 75.8 Å². The van der Waals surface area contributed by atoms with Crippen molar-refractivity contribution in [2.75, 3.05) is 33.4 Å². The van der Waals surface area contributed by atoms with Gasteiger partial charge >= 0.3 is 12.1 Å². The van der Waals surface area contributed by atoms with Gasteiger partial charge in [-0.05, 0) is 57.1 Å². The molecule has 53 heavy (non-hydrogen) atoms. The summed E-state index contributed by atoms with van der Waals surface area (Å²) in [5.74, 6) is -3.00. The van der Waals surface area contributed by atoms with E-state index >= 15 is 0 Å². The van der Waals surface area contributed by atoms with Crippen LogP contribution in [0.4, 0.5) is 14.0 Å². The second kappa shape index (κ2) is 16.0. The maximum atomic E-state index is 14.4. The van der Waals surface area contributed by atoms with E-state index in [4.69, 9.17) is 9.47 Å². The van der Waals surface area contributed by atoms with Crippen LogP contribution in [0, 0.1) is 11.7 Å². The predicted molar refractivity (Wildman–Crippen MR) is 189 cm³/mol. The summed E-state index contributed by atoms with van der Waals surface area (Å²) in [6, 6.07) is 1.88. The fraction of sp³-hybridized carbons (Fsp3) is 0.639. The highest BCUT2D eigenvalue weighted by Crippen LogP contribution is 2.46. The van der Waals surface area contributed by atoms with Crippen LogP contribution in [0.2, 0.25) is 0 Å². The molecule has 3 aliphatic heterocycles. The molecule has 1 aromatic carbocycles. The van der Waals surface area contributed by atoms with Crippen LogP contribution >= 0.6 is 0 Å². The highest BCUT2D eigenvalue weighted by Gasteiger charge is 2.62. The Labute approximate surface area is 309 Å². The molecule has 3 heterocycles. The molecule has 6 amide bonds. The number of sulfonamides is 1. The number of allylic oxidation sites excluding steroid dienone is 1. The lowest BCUT2D eigenvalue weighted by atomic mass is 10.0. The topological polar surface area (TPSA) is 184 Å². The molecule has 6 rings (SSSR count). The first-order valence-corrected chi connectivity index (χ1v) is 20.0. The van der Waals surface area contributed by atoms with Gasteiger partial charge in [-0.15, -0.1) is 0 Å². The lowest BCUT2D eigenvalue weighted by molar-refractivity contribution is -0.141. The first kappa shape index (κ1) is 38.5. The molecule has 1 aromatic rings. The average Bonchev–Trinajstić information content (AvgIpc) is 4.00. The summed E-state index contributed by atoms with van der Waals surface area (Å²) in [5.41, 5.74) is -0.509. The summed E-state index contributed by atoms with van der Waals surface area (Å²) in [6.45, 7) is 2.87. The molecule has 17 heteroatoms. The number of rotatable bonds is 9. The van der Waals surface area contributed by atoms with Gasteiger partial charge in [-0.1, -0.05) is 37.1 Å². The van der Waals surface area contributed by atoms with Gasteiger partial charge in [0, 0.05) is 44.6 Å². The Kier molecular flexibility index (Phi) is 11.6. The molecule has 0 radical (unpaired) electrons. The number of carbonyl (C=O) groups is 5. The number of hydrogen-bond acceptors (Lipinski definition) is 9. The van der Waals surface area contributed by atoms with Crippen molar-refractivity contribution in [2.45, 2.75) is 107 Å². The van der Waals surface area contributed by atoms with Crippen molar-refractivity contribution >= 4 is 39.9 Å². The van der Waals surface area contributed by atoms with Crippen LogP contribution in [0.15, 0.2) is 30.4 Å². The fourth-order valence-electron chi connectivity index (χ4n) is 7.28. The molecule has 0 unspecified atom stereocenters. The van der Waals surface area contributed by atoms with Gasteiger partial charge in [0.25, 0.3) is 5.91 Å². The second-order valence-electron chi connectivity index (χ2n) is 14.6. The van der Waals surface area contributed by atoms with Crippen LogP contribution < -0.4 is 15.4 Å². The van der Waals surface area contributed by atoms with Gasteiger partial charge in [0.15, 0.2) is 0 Å². The third-order valence-corrected chi connectivity index (χ3v) is 12.5. The fourth-order valence-corrected chi connectivity index (χ4v) is 8.64. The van der Waals surface area contributed by atoms with Crippen molar-refractivity contribution in [1.82, 2.24) is 30.1 Å². The first-order chi connectivity index (χ1) is 25.3. The number of halogens is 1. The normalized spacial score (nSPS) is 28.0. The van der Waals surface area contributed by atoms with Crippen LogP contribution in [0.5, 0.6) is 0 Å². The number of nitrogens with zero attached hydrogens (tertiary/aromatic N) is 3. The summed E-state index contributed by atoms with van der Waals surface area (Å²) >= 11 is 0.